The monoisotopic (exact) mass is 250 g/mol. The van der Waals surface area contributed by atoms with Gasteiger partial charge in [0.05, 0.1) is 11.7 Å². The Morgan fingerprint density at radius 1 is 1.41 bits per heavy atom. The van der Waals surface area contributed by atoms with Crippen molar-refractivity contribution in [3.05, 3.63) is 52.3 Å². The van der Waals surface area contributed by atoms with Crippen LogP contribution < -0.4 is 11.3 Å². The molecule has 0 fully saturated rings. The van der Waals surface area contributed by atoms with Gasteiger partial charge in [0.15, 0.2) is 0 Å². The van der Waals surface area contributed by atoms with E-state index in [0.29, 0.717) is 5.02 Å². The largest absolute Gasteiger partial charge is 0.275 e. The summed E-state index contributed by atoms with van der Waals surface area (Å²) in [7, 11) is 1.87. The van der Waals surface area contributed by atoms with Gasteiger partial charge in [0.25, 0.3) is 0 Å². The van der Waals surface area contributed by atoms with Gasteiger partial charge in [0.1, 0.15) is 0 Å². The van der Waals surface area contributed by atoms with Crippen molar-refractivity contribution in [2.24, 2.45) is 12.9 Å². The van der Waals surface area contributed by atoms with Gasteiger partial charge in [-0.1, -0.05) is 23.7 Å². The molecule has 2 rings (SSSR count). The molecule has 5 heteroatoms. The Labute approximate surface area is 105 Å². The average molecular weight is 251 g/mol. The molecule has 1 aromatic carbocycles. The van der Waals surface area contributed by atoms with Crippen molar-refractivity contribution in [2.45, 2.75) is 13.0 Å². The number of halogens is 1. The number of benzene rings is 1. The van der Waals surface area contributed by atoms with Crippen LogP contribution in [0.2, 0.25) is 5.02 Å². The van der Waals surface area contributed by atoms with E-state index in [1.165, 1.54) is 0 Å². The first kappa shape index (κ1) is 12.1. The molecule has 90 valence electrons. The number of hydrazine groups is 1. The van der Waals surface area contributed by atoms with Crippen LogP contribution in [0.5, 0.6) is 0 Å². The molecule has 0 amide bonds. The molecule has 1 aromatic heterocycles. The molecule has 0 aliphatic rings. The first-order valence-electron chi connectivity index (χ1n) is 5.33. The van der Waals surface area contributed by atoms with Crippen molar-refractivity contribution in [3.63, 3.8) is 0 Å². The molecule has 2 aromatic rings. The third-order valence-electron chi connectivity index (χ3n) is 2.66. The second kappa shape index (κ2) is 4.87. The maximum Gasteiger partial charge on any atom is 0.0914 e. The van der Waals surface area contributed by atoms with Gasteiger partial charge in [-0.15, -0.1) is 0 Å². The highest BCUT2D eigenvalue weighted by Crippen LogP contribution is 2.27. The van der Waals surface area contributed by atoms with Gasteiger partial charge < -0.3 is 0 Å². The van der Waals surface area contributed by atoms with E-state index in [1.54, 1.807) is 4.68 Å². The predicted molar refractivity (Wildman–Crippen MR) is 68.6 cm³/mol. The second-order valence-electron chi connectivity index (χ2n) is 4.04. The van der Waals surface area contributed by atoms with Crippen LogP contribution in [0.15, 0.2) is 30.5 Å². The fourth-order valence-corrected chi connectivity index (χ4v) is 2.13. The van der Waals surface area contributed by atoms with Crippen molar-refractivity contribution in [2.75, 3.05) is 0 Å². The zero-order valence-electron chi connectivity index (χ0n) is 9.81. The first-order valence-corrected chi connectivity index (χ1v) is 5.71. The van der Waals surface area contributed by atoms with Crippen LogP contribution in [0.1, 0.15) is 22.9 Å². The Kier molecular flexibility index (Phi) is 3.47. The lowest BCUT2D eigenvalue weighted by molar-refractivity contribution is 0.603. The number of rotatable bonds is 3. The first-order chi connectivity index (χ1) is 8.11. The van der Waals surface area contributed by atoms with Crippen LogP contribution in [-0.4, -0.2) is 9.78 Å². The molecule has 0 bridgehead atoms. The number of nitrogens with two attached hydrogens (primary N) is 1. The number of aromatic nitrogens is 2. The zero-order chi connectivity index (χ0) is 12.4. The molecule has 0 radical (unpaired) electrons. The number of hydrogen-bond donors (Lipinski definition) is 2. The second-order valence-corrected chi connectivity index (χ2v) is 4.45. The highest BCUT2D eigenvalue weighted by atomic mass is 35.5. The van der Waals surface area contributed by atoms with E-state index in [0.717, 1.165) is 16.8 Å². The third kappa shape index (κ3) is 2.49. The summed E-state index contributed by atoms with van der Waals surface area (Å²) in [6, 6.07) is 7.63. The Bertz CT molecular complexity index is 521. The topological polar surface area (TPSA) is 55.9 Å². The lowest BCUT2D eigenvalue weighted by Crippen LogP contribution is -2.29. The average Bonchev–Trinajstić information content (AvgIpc) is 2.69. The van der Waals surface area contributed by atoms with Gasteiger partial charge in [-0.3, -0.25) is 10.5 Å². The van der Waals surface area contributed by atoms with E-state index >= 15 is 0 Å². The molecule has 0 aliphatic heterocycles. The van der Waals surface area contributed by atoms with Crippen LogP contribution in [0, 0.1) is 6.92 Å². The Morgan fingerprint density at radius 2 is 2.18 bits per heavy atom. The normalized spacial score (nSPS) is 12.7. The minimum absolute atomic E-state index is 0.190. The summed E-state index contributed by atoms with van der Waals surface area (Å²) in [6.45, 7) is 2.00. The standard InChI is InChI=1S/C12H15ClN4/c1-8-3-4-9(10(13)7-8)12(15-14)11-5-6-17(2)16-11/h3-7,12,15H,14H2,1-2H3. The van der Waals surface area contributed by atoms with Gasteiger partial charge in [-0.25, -0.2) is 5.43 Å². The number of nitrogens with one attached hydrogen (secondary N) is 1. The lowest BCUT2D eigenvalue weighted by atomic mass is 10.0. The highest BCUT2D eigenvalue weighted by Gasteiger charge is 2.17. The van der Waals surface area contributed by atoms with E-state index in [1.807, 2.05) is 44.4 Å². The number of hydrogen-bond acceptors (Lipinski definition) is 3. The van der Waals surface area contributed by atoms with Crippen molar-refractivity contribution < 1.29 is 0 Å². The van der Waals surface area contributed by atoms with E-state index in [2.05, 4.69) is 10.5 Å². The molecule has 4 nitrogen and oxygen atoms in total. The van der Waals surface area contributed by atoms with Crippen molar-refractivity contribution >= 4 is 11.6 Å². The summed E-state index contributed by atoms with van der Waals surface area (Å²) in [4.78, 5) is 0. The molecule has 1 heterocycles. The van der Waals surface area contributed by atoms with Gasteiger partial charge >= 0.3 is 0 Å². The zero-order valence-corrected chi connectivity index (χ0v) is 10.6. The molecular formula is C12H15ClN4. The fraction of sp³-hybridized carbons (Fsp3) is 0.250. The quantitative estimate of drug-likeness (QED) is 0.647. The van der Waals surface area contributed by atoms with Gasteiger partial charge in [-0.05, 0) is 30.2 Å². The van der Waals surface area contributed by atoms with Crippen LogP contribution >= 0.6 is 11.6 Å². The fourth-order valence-electron chi connectivity index (χ4n) is 1.79. The summed E-state index contributed by atoms with van der Waals surface area (Å²) < 4.78 is 1.74. The minimum Gasteiger partial charge on any atom is -0.275 e. The molecular weight excluding hydrogens is 236 g/mol. The summed E-state index contributed by atoms with van der Waals surface area (Å²) in [5.74, 6) is 5.60. The minimum atomic E-state index is -0.190. The van der Waals surface area contributed by atoms with Crippen LogP contribution in [0.3, 0.4) is 0 Å². The van der Waals surface area contributed by atoms with E-state index in [9.17, 15) is 0 Å². The lowest BCUT2D eigenvalue weighted by Gasteiger charge is -2.15. The molecule has 1 atom stereocenters. The summed E-state index contributed by atoms with van der Waals surface area (Å²) in [5, 5.41) is 5.03. The summed E-state index contributed by atoms with van der Waals surface area (Å²) in [6.07, 6.45) is 1.88. The van der Waals surface area contributed by atoms with Crippen molar-refractivity contribution in [3.8, 4) is 0 Å². The van der Waals surface area contributed by atoms with E-state index < -0.39 is 0 Å². The molecule has 1 unspecified atom stereocenters. The van der Waals surface area contributed by atoms with Gasteiger partial charge in [0.2, 0.25) is 0 Å². The Morgan fingerprint density at radius 3 is 2.71 bits per heavy atom. The third-order valence-corrected chi connectivity index (χ3v) is 2.99. The molecule has 0 spiro atoms. The maximum absolute atomic E-state index is 6.23. The van der Waals surface area contributed by atoms with Crippen molar-refractivity contribution in [1.82, 2.24) is 15.2 Å². The Balaban J connectivity index is 2.42. The van der Waals surface area contributed by atoms with E-state index in [-0.39, 0.29) is 6.04 Å². The van der Waals surface area contributed by atoms with Gasteiger partial charge in [0, 0.05) is 18.3 Å². The highest BCUT2D eigenvalue weighted by molar-refractivity contribution is 6.31. The van der Waals surface area contributed by atoms with Crippen molar-refractivity contribution in [1.29, 1.82) is 0 Å². The predicted octanol–water partition coefficient (Wildman–Crippen LogP) is 1.93. The molecule has 0 aliphatic carbocycles. The maximum atomic E-state index is 6.23. The summed E-state index contributed by atoms with van der Waals surface area (Å²) in [5.41, 5.74) is 5.65. The van der Waals surface area contributed by atoms with Crippen LogP contribution in [-0.2, 0) is 7.05 Å². The SMILES string of the molecule is Cc1ccc(C(NN)c2ccn(C)n2)c(Cl)c1. The Hall–Kier alpha value is -1.36. The molecule has 0 saturated carbocycles. The van der Waals surface area contributed by atoms with Crippen LogP contribution in [0.4, 0.5) is 0 Å². The molecule has 0 saturated heterocycles. The smallest absolute Gasteiger partial charge is 0.0914 e. The van der Waals surface area contributed by atoms with Gasteiger partial charge in [-0.2, -0.15) is 5.10 Å². The van der Waals surface area contributed by atoms with E-state index in [4.69, 9.17) is 17.4 Å². The number of nitrogens with zero attached hydrogens (tertiary/aromatic N) is 2. The number of aryl methyl sites for hydroxylation is 2. The molecule has 17 heavy (non-hydrogen) atoms. The van der Waals surface area contributed by atoms with Crippen LogP contribution in [0.25, 0.3) is 0 Å². The molecule has 3 N–H and O–H groups in total. The summed E-state index contributed by atoms with van der Waals surface area (Å²) >= 11 is 6.23.